The molecule has 0 saturated carbocycles. The molecule has 234 valence electrons. The second-order valence-corrected chi connectivity index (χ2v) is 12.9. The van der Waals surface area contributed by atoms with Gasteiger partial charge in [-0.1, -0.05) is 152 Å². The molecule has 0 aliphatic heterocycles. The van der Waals surface area contributed by atoms with Gasteiger partial charge in [-0.2, -0.15) is 0 Å². The van der Waals surface area contributed by atoms with Gasteiger partial charge in [-0.25, -0.2) is 0 Å². The van der Waals surface area contributed by atoms with Gasteiger partial charge in [-0.05, 0) is 74.6 Å². The van der Waals surface area contributed by atoms with Gasteiger partial charge in [0.1, 0.15) is 11.2 Å². The number of benzene rings is 9. The Kier molecular flexibility index (Phi) is 6.53. The maximum atomic E-state index is 6.52. The summed E-state index contributed by atoms with van der Waals surface area (Å²) in [5.74, 6) is 0. The van der Waals surface area contributed by atoms with Crippen LogP contribution in [0.2, 0.25) is 0 Å². The summed E-state index contributed by atoms with van der Waals surface area (Å²) in [5.41, 5.74) is 9.87. The number of para-hydroxylation sites is 2. The molecule has 0 fully saturated rings. The quantitative estimate of drug-likeness (QED) is 0.175. The van der Waals surface area contributed by atoms with Gasteiger partial charge in [0.05, 0.1) is 11.4 Å². The molecule has 0 saturated heterocycles. The number of fused-ring (bicyclic) bond motifs is 8. The van der Waals surface area contributed by atoms with E-state index in [9.17, 15) is 0 Å². The fourth-order valence-corrected chi connectivity index (χ4v) is 7.73. The van der Waals surface area contributed by atoms with Crippen LogP contribution in [0.5, 0.6) is 0 Å². The van der Waals surface area contributed by atoms with E-state index in [1.807, 2.05) is 6.07 Å². The Bertz CT molecular complexity index is 2870. The Labute approximate surface area is 290 Å². The van der Waals surface area contributed by atoms with Gasteiger partial charge in [0.25, 0.3) is 0 Å². The molecular weight excluding hydrogens is 607 g/mol. The summed E-state index contributed by atoms with van der Waals surface area (Å²) in [6.07, 6.45) is 0. The lowest BCUT2D eigenvalue weighted by molar-refractivity contribution is 0.672. The fraction of sp³-hybridized carbons (Fsp3) is 0. The van der Waals surface area contributed by atoms with Crippen molar-refractivity contribution in [2.24, 2.45) is 0 Å². The number of hydrogen-bond acceptors (Lipinski definition) is 2. The Morgan fingerprint density at radius 3 is 1.76 bits per heavy atom. The van der Waals surface area contributed by atoms with E-state index in [4.69, 9.17) is 4.42 Å². The van der Waals surface area contributed by atoms with Gasteiger partial charge in [0.2, 0.25) is 0 Å². The van der Waals surface area contributed by atoms with Gasteiger partial charge in [0.15, 0.2) is 0 Å². The van der Waals surface area contributed by atoms with Crippen LogP contribution in [0.25, 0.3) is 76.5 Å². The van der Waals surface area contributed by atoms with Gasteiger partial charge < -0.3 is 9.32 Å². The van der Waals surface area contributed by atoms with E-state index in [1.54, 1.807) is 0 Å². The van der Waals surface area contributed by atoms with Crippen LogP contribution in [0.15, 0.2) is 192 Å². The molecule has 1 aromatic heterocycles. The van der Waals surface area contributed by atoms with Crippen molar-refractivity contribution in [1.82, 2.24) is 0 Å². The van der Waals surface area contributed by atoms with Crippen molar-refractivity contribution in [3.05, 3.63) is 188 Å². The van der Waals surface area contributed by atoms with E-state index >= 15 is 0 Å². The van der Waals surface area contributed by atoms with Crippen molar-refractivity contribution < 1.29 is 4.42 Å². The summed E-state index contributed by atoms with van der Waals surface area (Å²) in [6, 6.07) is 67.5. The Morgan fingerprint density at radius 1 is 0.340 bits per heavy atom. The zero-order valence-corrected chi connectivity index (χ0v) is 27.3. The average Bonchev–Trinajstić information content (AvgIpc) is 3.57. The third kappa shape index (κ3) is 4.50. The molecule has 2 nitrogen and oxygen atoms in total. The second-order valence-electron chi connectivity index (χ2n) is 12.9. The monoisotopic (exact) mass is 637 g/mol. The van der Waals surface area contributed by atoms with Crippen LogP contribution in [-0.4, -0.2) is 0 Å². The van der Waals surface area contributed by atoms with E-state index in [0.29, 0.717) is 0 Å². The maximum Gasteiger partial charge on any atom is 0.143 e. The second kappa shape index (κ2) is 11.5. The van der Waals surface area contributed by atoms with Crippen LogP contribution >= 0.6 is 0 Å². The first kappa shape index (κ1) is 28.4. The van der Waals surface area contributed by atoms with Crippen molar-refractivity contribution in [1.29, 1.82) is 0 Å². The number of hydrogen-bond donors (Lipinski definition) is 0. The highest BCUT2D eigenvalue weighted by Crippen LogP contribution is 2.47. The van der Waals surface area contributed by atoms with E-state index in [-0.39, 0.29) is 0 Å². The summed E-state index contributed by atoms with van der Waals surface area (Å²) < 4.78 is 6.52. The number of nitrogens with zero attached hydrogens (tertiary/aromatic N) is 1. The maximum absolute atomic E-state index is 6.52. The molecule has 50 heavy (non-hydrogen) atoms. The molecule has 10 aromatic rings. The zero-order valence-electron chi connectivity index (χ0n) is 27.3. The van der Waals surface area contributed by atoms with Gasteiger partial charge in [-0.3, -0.25) is 0 Å². The Hall–Kier alpha value is -6.64. The first-order valence-corrected chi connectivity index (χ1v) is 17.1. The van der Waals surface area contributed by atoms with Gasteiger partial charge in [-0.15, -0.1) is 0 Å². The van der Waals surface area contributed by atoms with E-state index in [0.717, 1.165) is 49.8 Å². The molecule has 0 spiro atoms. The molecule has 0 N–H and O–H groups in total. The minimum atomic E-state index is 0.896. The number of furan rings is 1. The predicted octanol–water partition coefficient (Wildman–Crippen LogP) is 13.8. The minimum Gasteiger partial charge on any atom is -0.455 e. The molecule has 1 heterocycles. The number of anilines is 3. The van der Waals surface area contributed by atoms with Crippen molar-refractivity contribution in [2.75, 3.05) is 4.90 Å². The van der Waals surface area contributed by atoms with Crippen LogP contribution < -0.4 is 4.90 Å². The highest BCUT2D eigenvalue weighted by molar-refractivity contribution is 6.20. The standard InChI is InChI=1S/C48H31NO/c1-2-14-32(15-3-1)37-18-10-12-24-45(37)49(46-31-44-41-22-11-13-25-47(41)50-48(44)42-23-9-8-21-40(42)46)35-28-26-33(27-29-35)43-30-34-16-4-5-17-36(34)38-19-6-7-20-39(38)43/h1-31H. The van der Waals surface area contributed by atoms with Crippen LogP contribution in [0.1, 0.15) is 0 Å². The molecular formula is C48H31NO. The molecule has 0 bridgehead atoms. The lowest BCUT2D eigenvalue weighted by Gasteiger charge is -2.29. The van der Waals surface area contributed by atoms with E-state index < -0.39 is 0 Å². The normalized spacial score (nSPS) is 11.6. The smallest absolute Gasteiger partial charge is 0.143 e. The van der Waals surface area contributed by atoms with E-state index in [2.05, 4.69) is 187 Å². The lowest BCUT2D eigenvalue weighted by Crippen LogP contribution is -2.12. The summed E-state index contributed by atoms with van der Waals surface area (Å²) in [7, 11) is 0. The average molecular weight is 638 g/mol. The summed E-state index contributed by atoms with van der Waals surface area (Å²) >= 11 is 0. The molecule has 9 aromatic carbocycles. The largest absolute Gasteiger partial charge is 0.455 e. The molecule has 0 atom stereocenters. The van der Waals surface area contributed by atoms with Crippen LogP contribution in [0.4, 0.5) is 17.1 Å². The first-order chi connectivity index (χ1) is 24.8. The van der Waals surface area contributed by atoms with Crippen LogP contribution in [-0.2, 0) is 0 Å². The summed E-state index contributed by atoms with van der Waals surface area (Å²) in [6.45, 7) is 0. The molecule has 10 rings (SSSR count). The number of rotatable bonds is 5. The Morgan fingerprint density at radius 2 is 0.940 bits per heavy atom. The van der Waals surface area contributed by atoms with E-state index in [1.165, 1.54) is 43.8 Å². The van der Waals surface area contributed by atoms with Crippen LogP contribution in [0, 0.1) is 0 Å². The van der Waals surface area contributed by atoms with Crippen molar-refractivity contribution in [2.45, 2.75) is 0 Å². The summed E-state index contributed by atoms with van der Waals surface area (Å²) in [5, 5.41) is 9.50. The van der Waals surface area contributed by atoms with Crippen molar-refractivity contribution in [3.8, 4) is 22.3 Å². The first-order valence-electron chi connectivity index (χ1n) is 17.1. The molecule has 0 radical (unpaired) electrons. The molecule has 2 heteroatoms. The highest BCUT2D eigenvalue weighted by Gasteiger charge is 2.22. The third-order valence-corrected chi connectivity index (χ3v) is 10.0. The van der Waals surface area contributed by atoms with Crippen molar-refractivity contribution in [3.63, 3.8) is 0 Å². The fourth-order valence-electron chi connectivity index (χ4n) is 7.73. The predicted molar refractivity (Wildman–Crippen MR) is 212 cm³/mol. The van der Waals surface area contributed by atoms with Crippen molar-refractivity contribution >= 4 is 71.3 Å². The lowest BCUT2D eigenvalue weighted by atomic mass is 9.93. The molecule has 0 unspecified atom stereocenters. The zero-order chi connectivity index (χ0) is 33.0. The molecule has 0 aliphatic carbocycles. The summed E-state index contributed by atoms with van der Waals surface area (Å²) in [4.78, 5) is 2.42. The molecule has 0 amide bonds. The third-order valence-electron chi connectivity index (χ3n) is 10.0. The molecule has 0 aliphatic rings. The topological polar surface area (TPSA) is 16.4 Å². The van der Waals surface area contributed by atoms with Gasteiger partial charge in [0, 0.05) is 32.8 Å². The minimum absolute atomic E-state index is 0.896. The highest BCUT2D eigenvalue weighted by atomic mass is 16.3. The SMILES string of the molecule is c1ccc(-c2ccccc2N(c2ccc(-c3cc4ccccc4c4ccccc34)cc2)c2cc3c4ccccc4oc3c3ccccc23)cc1. The van der Waals surface area contributed by atoms with Crippen LogP contribution in [0.3, 0.4) is 0 Å². The Balaban J connectivity index is 1.23. The van der Waals surface area contributed by atoms with Gasteiger partial charge >= 0.3 is 0 Å².